The number of carbonyl (C=O) groups excluding carboxylic acids is 4. The van der Waals surface area contributed by atoms with Crippen molar-refractivity contribution in [3.8, 4) is 0 Å². The summed E-state index contributed by atoms with van der Waals surface area (Å²) in [5.74, 6) is -3.75. The van der Waals surface area contributed by atoms with E-state index >= 15 is 0 Å². The second kappa shape index (κ2) is 11.8. The fraction of sp³-hybridized carbons (Fsp3) is 0.259. The first-order valence-corrected chi connectivity index (χ1v) is 11.1. The summed E-state index contributed by atoms with van der Waals surface area (Å²) in [5.41, 5.74) is 0.233. The zero-order chi connectivity index (χ0) is 26.2. The number of hydrogen-bond acceptors (Lipinski definition) is 9. The lowest BCUT2D eigenvalue weighted by atomic mass is 9.84. The summed E-state index contributed by atoms with van der Waals surface area (Å²) in [7, 11) is 4.54. The van der Waals surface area contributed by atoms with Gasteiger partial charge in [0.05, 0.1) is 45.6 Å². The van der Waals surface area contributed by atoms with Crippen LogP contribution in [-0.4, -0.2) is 58.4 Å². The van der Waals surface area contributed by atoms with Gasteiger partial charge in [-0.25, -0.2) is 19.2 Å². The number of anilines is 1. The number of esters is 4. The quantitative estimate of drug-likeness (QED) is 0.405. The monoisotopic (exact) mass is 493 g/mol. The fourth-order valence-corrected chi connectivity index (χ4v) is 4.20. The number of ether oxygens (including phenoxy) is 4. The van der Waals surface area contributed by atoms with Gasteiger partial charge in [0, 0.05) is 5.69 Å². The van der Waals surface area contributed by atoms with E-state index in [1.807, 2.05) is 30.3 Å². The predicted molar refractivity (Wildman–Crippen MR) is 130 cm³/mol. The van der Waals surface area contributed by atoms with E-state index in [0.717, 1.165) is 26.9 Å². The SMILES string of the molecule is COC(=O)C1=C(C(=O)OC)[C@@H](CCc2ccccc2)N(c2ccccc2)C(C(=O)OC)=C1C(=O)OC. The minimum Gasteiger partial charge on any atom is -0.466 e. The van der Waals surface area contributed by atoms with Crippen molar-refractivity contribution < 1.29 is 38.1 Å². The summed E-state index contributed by atoms with van der Waals surface area (Å²) < 4.78 is 19.9. The summed E-state index contributed by atoms with van der Waals surface area (Å²) in [4.78, 5) is 54.0. The molecule has 0 unspecified atom stereocenters. The Balaban J connectivity index is 2.39. The zero-order valence-electron chi connectivity index (χ0n) is 20.5. The first kappa shape index (κ1) is 26.2. The normalized spacial score (nSPS) is 15.3. The van der Waals surface area contributed by atoms with Gasteiger partial charge in [0.1, 0.15) is 11.3 Å². The molecule has 0 spiro atoms. The van der Waals surface area contributed by atoms with E-state index in [-0.39, 0.29) is 17.7 Å². The van der Waals surface area contributed by atoms with Crippen LogP contribution in [0.3, 0.4) is 0 Å². The Kier molecular flexibility index (Phi) is 8.61. The summed E-state index contributed by atoms with van der Waals surface area (Å²) in [6.45, 7) is 0. The van der Waals surface area contributed by atoms with Crippen LogP contribution in [0.5, 0.6) is 0 Å². The van der Waals surface area contributed by atoms with Crippen molar-refractivity contribution >= 4 is 29.6 Å². The highest BCUT2D eigenvalue weighted by molar-refractivity contribution is 6.18. The number of carbonyl (C=O) groups is 4. The molecule has 1 heterocycles. The van der Waals surface area contributed by atoms with Crippen molar-refractivity contribution in [2.45, 2.75) is 18.9 Å². The molecular formula is C27H27NO8. The Morgan fingerprint density at radius 3 is 1.69 bits per heavy atom. The zero-order valence-corrected chi connectivity index (χ0v) is 20.5. The van der Waals surface area contributed by atoms with Gasteiger partial charge in [0.25, 0.3) is 0 Å². The molecule has 0 radical (unpaired) electrons. The number of rotatable bonds is 8. The lowest BCUT2D eigenvalue weighted by molar-refractivity contribution is -0.142. The molecule has 0 N–H and O–H groups in total. The molecule has 1 aliphatic heterocycles. The molecule has 3 rings (SSSR count). The molecule has 1 aliphatic rings. The third-order valence-corrected chi connectivity index (χ3v) is 5.79. The Morgan fingerprint density at radius 1 is 0.667 bits per heavy atom. The number of hydrogen-bond donors (Lipinski definition) is 0. The topological polar surface area (TPSA) is 108 Å². The van der Waals surface area contributed by atoms with Crippen LogP contribution in [0, 0.1) is 0 Å². The van der Waals surface area contributed by atoms with Crippen molar-refractivity contribution in [2.75, 3.05) is 33.3 Å². The maximum atomic E-state index is 13.2. The molecule has 0 saturated heterocycles. The smallest absolute Gasteiger partial charge is 0.355 e. The second-order valence-corrected chi connectivity index (χ2v) is 7.72. The molecule has 0 fully saturated rings. The molecule has 2 aromatic carbocycles. The van der Waals surface area contributed by atoms with Crippen LogP contribution in [0.1, 0.15) is 12.0 Å². The van der Waals surface area contributed by atoms with E-state index in [4.69, 9.17) is 18.9 Å². The summed E-state index contributed by atoms with van der Waals surface area (Å²) in [5, 5.41) is 0. The second-order valence-electron chi connectivity index (χ2n) is 7.72. The van der Waals surface area contributed by atoms with E-state index in [2.05, 4.69) is 0 Å². The van der Waals surface area contributed by atoms with E-state index in [1.165, 1.54) is 12.0 Å². The average Bonchev–Trinajstić information content (AvgIpc) is 2.94. The minimum absolute atomic E-state index is 0.128. The van der Waals surface area contributed by atoms with E-state index in [1.54, 1.807) is 30.3 Å². The van der Waals surface area contributed by atoms with Crippen LogP contribution in [0.4, 0.5) is 5.69 Å². The van der Waals surface area contributed by atoms with Crippen LogP contribution in [-0.2, 0) is 44.5 Å². The summed E-state index contributed by atoms with van der Waals surface area (Å²) >= 11 is 0. The molecule has 9 heteroatoms. The maximum absolute atomic E-state index is 13.2. The molecule has 0 amide bonds. The highest BCUT2D eigenvalue weighted by Gasteiger charge is 2.47. The number of para-hydroxylation sites is 1. The van der Waals surface area contributed by atoms with Gasteiger partial charge in [-0.1, -0.05) is 48.5 Å². The molecule has 0 saturated carbocycles. The summed E-state index contributed by atoms with van der Waals surface area (Å²) in [6, 6.07) is 17.3. The van der Waals surface area contributed by atoms with Crippen LogP contribution in [0.15, 0.2) is 83.1 Å². The van der Waals surface area contributed by atoms with Crippen molar-refractivity contribution in [1.82, 2.24) is 0 Å². The van der Waals surface area contributed by atoms with Gasteiger partial charge in [0.15, 0.2) is 0 Å². The number of nitrogens with zero attached hydrogens (tertiary/aromatic N) is 1. The molecule has 0 bridgehead atoms. The molecule has 1 atom stereocenters. The van der Waals surface area contributed by atoms with Crippen molar-refractivity contribution in [3.05, 3.63) is 88.6 Å². The van der Waals surface area contributed by atoms with Crippen molar-refractivity contribution in [2.24, 2.45) is 0 Å². The molecule has 36 heavy (non-hydrogen) atoms. The highest BCUT2D eigenvalue weighted by Crippen LogP contribution is 2.40. The molecule has 0 aliphatic carbocycles. The van der Waals surface area contributed by atoms with Crippen LogP contribution in [0.25, 0.3) is 0 Å². The predicted octanol–water partition coefficient (Wildman–Crippen LogP) is 2.75. The number of benzene rings is 2. The molecule has 188 valence electrons. The molecule has 0 aromatic heterocycles. The van der Waals surface area contributed by atoms with Crippen molar-refractivity contribution in [3.63, 3.8) is 0 Å². The van der Waals surface area contributed by atoms with Crippen LogP contribution >= 0.6 is 0 Å². The van der Waals surface area contributed by atoms with E-state index in [9.17, 15) is 19.2 Å². The Morgan fingerprint density at radius 2 is 1.17 bits per heavy atom. The fourth-order valence-electron chi connectivity index (χ4n) is 4.20. The Labute approximate surface area is 208 Å². The third-order valence-electron chi connectivity index (χ3n) is 5.79. The maximum Gasteiger partial charge on any atom is 0.355 e. The Bertz CT molecular complexity index is 1200. The molecular weight excluding hydrogens is 466 g/mol. The van der Waals surface area contributed by atoms with Gasteiger partial charge < -0.3 is 23.8 Å². The van der Waals surface area contributed by atoms with Crippen LogP contribution < -0.4 is 4.90 Å². The van der Waals surface area contributed by atoms with Crippen molar-refractivity contribution in [1.29, 1.82) is 0 Å². The van der Waals surface area contributed by atoms with E-state index < -0.39 is 41.1 Å². The standard InChI is InChI=1S/C27H27NO8/c1-33-24(29)20-19(16-15-17-11-7-5-8-12-17)28(18-13-9-6-10-14-18)23(27(32)36-4)22(26(31)35-3)21(20)25(30)34-2/h5-14,19H,15-16H2,1-4H3/t19-/m1/s1. The van der Waals surface area contributed by atoms with Gasteiger partial charge in [-0.2, -0.15) is 0 Å². The average molecular weight is 494 g/mol. The lowest BCUT2D eigenvalue weighted by Crippen LogP contribution is -2.48. The number of aryl methyl sites for hydroxylation is 1. The summed E-state index contributed by atoms with van der Waals surface area (Å²) in [6.07, 6.45) is 0.755. The first-order valence-electron chi connectivity index (χ1n) is 11.1. The largest absolute Gasteiger partial charge is 0.466 e. The van der Waals surface area contributed by atoms with E-state index in [0.29, 0.717) is 12.1 Å². The first-order chi connectivity index (χ1) is 17.4. The molecule has 2 aromatic rings. The third kappa shape index (κ3) is 5.14. The van der Waals surface area contributed by atoms with Gasteiger partial charge in [-0.3, -0.25) is 0 Å². The Hall–Kier alpha value is -4.40. The van der Waals surface area contributed by atoms with Gasteiger partial charge in [-0.05, 0) is 30.5 Å². The lowest BCUT2D eigenvalue weighted by Gasteiger charge is -2.40. The van der Waals surface area contributed by atoms with Gasteiger partial charge >= 0.3 is 23.9 Å². The molecule has 9 nitrogen and oxygen atoms in total. The minimum atomic E-state index is -1.01. The van der Waals surface area contributed by atoms with Gasteiger partial charge in [-0.15, -0.1) is 0 Å². The van der Waals surface area contributed by atoms with Gasteiger partial charge in [0.2, 0.25) is 0 Å². The highest BCUT2D eigenvalue weighted by atomic mass is 16.5. The number of methoxy groups -OCH3 is 4. The van der Waals surface area contributed by atoms with Crippen LogP contribution in [0.2, 0.25) is 0 Å².